The molecule has 0 aliphatic heterocycles. The van der Waals surface area contributed by atoms with E-state index in [1.54, 1.807) is 0 Å². The van der Waals surface area contributed by atoms with Crippen molar-refractivity contribution >= 4 is 5.97 Å². The Hall–Kier alpha value is -1.42. The Morgan fingerprint density at radius 1 is 0.952 bits per heavy atom. The summed E-state index contributed by atoms with van der Waals surface area (Å²) >= 11 is 0. The molecule has 0 saturated carbocycles. The van der Waals surface area contributed by atoms with Gasteiger partial charge in [0.05, 0.1) is 6.61 Å². The fourth-order valence-corrected chi connectivity index (χ4v) is 0.994. The van der Waals surface area contributed by atoms with Crippen molar-refractivity contribution in [3.05, 3.63) is 12.2 Å². The molecular weight excluding hydrogens is 323 g/mol. The van der Waals surface area contributed by atoms with Crippen molar-refractivity contribution in [1.82, 2.24) is 0 Å². The van der Waals surface area contributed by atoms with Gasteiger partial charge >= 0.3 is 29.9 Å². The molecule has 0 N–H and O–H groups in total. The number of hydrogen-bond donors (Lipinski definition) is 0. The highest BCUT2D eigenvalue weighted by Gasteiger charge is 2.81. The van der Waals surface area contributed by atoms with Gasteiger partial charge in [-0.25, -0.2) is 0 Å². The average molecular weight is 332 g/mol. The molecule has 0 aromatic carbocycles. The zero-order valence-electron chi connectivity index (χ0n) is 10.3. The maximum Gasteiger partial charge on any atom is 0.460 e. The van der Waals surface area contributed by atoms with Crippen molar-refractivity contribution in [3.8, 4) is 0 Å². The molecule has 0 spiro atoms. The minimum atomic E-state index is -6.91. The number of hydrogen-bond acceptors (Lipinski definition) is 2. The average Bonchev–Trinajstić information content (AvgIpc) is 2.25. The molecule has 124 valence electrons. The fourth-order valence-electron chi connectivity index (χ4n) is 0.994. The van der Waals surface area contributed by atoms with Gasteiger partial charge in [0.2, 0.25) is 0 Å². The zero-order valence-corrected chi connectivity index (χ0v) is 10.3. The summed E-state index contributed by atoms with van der Waals surface area (Å²) in [5.74, 6) is -20.1. The molecule has 0 radical (unpaired) electrons. The lowest BCUT2D eigenvalue weighted by atomic mass is 10.0. The number of ether oxygens (including phenoxy) is 1. The fraction of sp³-hybridized carbons (Fsp3) is 0.700. The maximum absolute atomic E-state index is 12.9. The van der Waals surface area contributed by atoms with E-state index in [1.165, 1.54) is 0 Å². The normalized spacial score (nSPS) is 14.6. The predicted octanol–water partition coefficient (Wildman–Crippen LogP) is 3.96. The van der Waals surface area contributed by atoms with Crippen LogP contribution in [0.15, 0.2) is 12.2 Å². The summed E-state index contributed by atoms with van der Waals surface area (Å²) in [6.07, 6.45) is -7.98. The van der Waals surface area contributed by atoms with Crippen LogP contribution in [0.3, 0.4) is 0 Å². The van der Waals surface area contributed by atoms with Crippen LogP contribution in [0.5, 0.6) is 0 Å². The summed E-state index contributed by atoms with van der Waals surface area (Å²) in [5.41, 5.74) is 0. The number of halogens is 9. The highest BCUT2D eigenvalue weighted by molar-refractivity contribution is 5.65. The first-order valence-electron chi connectivity index (χ1n) is 5.18. The third-order valence-corrected chi connectivity index (χ3v) is 2.09. The van der Waals surface area contributed by atoms with Gasteiger partial charge in [-0.05, 0) is 12.5 Å². The van der Waals surface area contributed by atoms with Gasteiger partial charge < -0.3 is 4.74 Å². The first kappa shape index (κ1) is 19.6. The third-order valence-electron chi connectivity index (χ3n) is 2.09. The van der Waals surface area contributed by atoms with Crippen LogP contribution in [0.2, 0.25) is 0 Å². The van der Waals surface area contributed by atoms with Crippen molar-refractivity contribution in [2.24, 2.45) is 0 Å². The van der Waals surface area contributed by atoms with Gasteiger partial charge in [-0.15, -0.1) is 0 Å². The summed E-state index contributed by atoms with van der Waals surface area (Å²) in [6.45, 7) is 0.430. The molecule has 0 heterocycles. The molecule has 11 heteroatoms. The van der Waals surface area contributed by atoms with Crippen molar-refractivity contribution in [1.29, 1.82) is 0 Å². The van der Waals surface area contributed by atoms with Crippen LogP contribution in [0.4, 0.5) is 39.5 Å². The van der Waals surface area contributed by atoms with Crippen LogP contribution in [0, 0.1) is 0 Å². The molecule has 0 saturated heterocycles. The summed E-state index contributed by atoms with van der Waals surface area (Å²) in [5, 5.41) is 0. The third kappa shape index (κ3) is 4.27. The van der Waals surface area contributed by atoms with Crippen LogP contribution >= 0.6 is 0 Å². The molecule has 2 nitrogen and oxygen atoms in total. The predicted molar refractivity (Wildman–Crippen MR) is 51.3 cm³/mol. The van der Waals surface area contributed by atoms with Crippen molar-refractivity contribution in [2.45, 2.75) is 37.3 Å². The first-order valence-corrected chi connectivity index (χ1v) is 5.18. The molecule has 21 heavy (non-hydrogen) atoms. The monoisotopic (exact) mass is 332 g/mol. The van der Waals surface area contributed by atoms with E-state index in [9.17, 15) is 44.3 Å². The van der Waals surface area contributed by atoms with Gasteiger partial charge in [-0.1, -0.05) is 6.08 Å². The topological polar surface area (TPSA) is 26.3 Å². The number of carbonyl (C=O) groups excluding carboxylic acids is 1. The highest BCUT2D eigenvalue weighted by atomic mass is 19.4. The number of allylic oxidation sites excluding steroid dienone is 1. The van der Waals surface area contributed by atoms with E-state index in [0.717, 1.165) is 6.92 Å². The van der Waals surface area contributed by atoms with Gasteiger partial charge in [0, 0.05) is 6.92 Å². The first-order chi connectivity index (χ1) is 9.17. The smallest absolute Gasteiger partial charge is 0.460 e. The van der Waals surface area contributed by atoms with Crippen molar-refractivity contribution in [2.75, 3.05) is 6.61 Å². The molecule has 0 atom stereocenters. The SMILES string of the molecule is CC(=O)OCC/C=C/C(F)(F)C(F)(F)C(F)(F)C(F)(F)F. The van der Waals surface area contributed by atoms with Gasteiger partial charge in [0.1, 0.15) is 0 Å². The molecule has 0 aromatic heterocycles. The van der Waals surface area contributed by atoms with Crippen LogP contribution in [-0.2, 0) is 9.53 Å². The van der Waals surface area contributed by atoms with Crippen molar-refractivity contribution < 1.29 is 49.0 Å². The van der Waals surface area contributed by atoms with E-state index in [0.29, 0.717) is 0 Å². The molecule has 0 bridgehead atoms. The molecule has 0 amide bonds. The standard InChI is InChI=1S/C10H9F9O2/c1-6(20)21-5-3-2-4-7(11,12)8(13,14)9(15,16)10(17,18)19/h2,4H,3,5H2,1H3/b4-2+. The zero-order chi connectivity index (χ0) is 17.1. The maximum atomic E-state index is 12.9. The van der Waals surface area contributed by atoms with Crippen LogP contribution in [-0.4, -0.2) is 36.5 Å². The number of carbonyl (C=O) groups is 1. The molecule has 0 aliphatic rings. The molecule has 0 aromatic rings. The minimum absolute atomic E-state index is 0.212. The molecule has 0 rings (SSSR count). The number of esters is 1. The van der Waals surface area contributed by atoms with E-state index in [1.807, 2.05) is 0 Å². The van der Waals surface area contributed by atoms with Crippen molar-refractivity contribution in [3.63, 3.8) is 0 Å². The number of rotatable bonds is 6. The molecule has 0 aliphatic carbocycles. The van der Waals surface area contributed by atoms with E-state index in [2.05, 4.69) is 4.74 Å². The Morgan fingerprint density at radius 2 is 1.43 bits per heavy atom. The lowest BCUT2D eigenvalue weighted by Crippen LogP contribution is -2.60. The largest absolute Gasteiger partial charge is 0.466 e. The summed E-state index contributed by atoms with van der Waals surface area (Å²) in [7, 11) is 0. The summed E-state index contributed by atoms with van der Waals surface area (Å²) in [4.78, 5) is 10.3. The van der Waals surface area contributed by atoms with Crippen LogP contribution < -0.4 is 0 Å². The summed E-state index contributed by atoms with van der Waals surface area (Å²) < 4.78 is 116. The van der Waals surface area contributed by atoms with Gasteiger partial charge in [-0.2, -0.15) is 39.5 Å². The second-order valence-electron chi connectivity index (χ2n) is 3.80. The Morgan fingerprint density at radius 3 is 1.81 bits per heavy atom. The van der Waals surface area contributed by atoms with E-state index >= 15 is 0 Å². The van der Waals surface area contributed by atoms with Gasteiger partial charge in [0.15, 0.2) is 0 Å². The Kier molecular flexibility index (Phi) is 5.73. The lowest BCUT2D eigenvalue weighted by molar-refractivity contribution is -0.388. The number of alkyl halides is 9. The highest BCUT2D eigenvalue weighted by Crippen LogP contribution is 2.53. The van der Waals surface area contributed by atoms with E-state index in [4.69, 9.17) is 0 Å². The van der Waals surface area contributed by atoms with Gasteiger partial charge in [-0.3, -0.25) is 4.79 Å². The second kappa shape index (κ2) is 6.14. The molecule has 0 unspecified atom stereocenters. The quantitative estimate of drug-likeness (QED) is 0.318. The van der Waals surface area contributed by atoms with E-state index < -0.39 is 49.0 Å². The van der Waals surface area contributed by atoms with Gasteiger partial charge in [0.25, 0.3) is 0 Å². The Labute approximate surface area is 112 Å². The Balaban J connectivity index is 5.04. The summed E-state index contributed by atoms with van der Waals surface area (Å²) in [6, 6.07) is 0. The second-order valence-corrected chi connectivity index (χ2v) is 3.80. The Bertz CT molecular complexity index is 398. The molecular formula is C10H9F9O2. The lowest BCUT2D eigenvalue weighted by Gasteiger charge is -2.32. The van der Waals surface area contributed by atoms with Crippen LogP contribution in [0.25, 0.3) is 0 Å². The minimum Gasteiger partial charge on any atom is -0.466 e. The molecule has 0 fully saturated rings. The van der Waals surface area contributed by atoms with E-state index in [-0.39, 0.29) is 6.08 Å². The van der Waals surface area contributed by atoms with Crippen LogP contribution in [0.1, 0.15) is 13.3 Å².